The molecule has 126 valence electrons. The molecular formula is C17H22Cl2N2OS. The van der Waals surface area contributed by atoms with Gasteiger partial charge in [0.2, 0.25) is 5.91 Å². The van der Waals surface area contributed by atoms with Crippen LogP contribution < -0.4 is 5.32 Å². The number of halogens is 2. The number of hydrogen-bond acceptors (Lipinski definition) is 3. The summed E-state index contributed by atoms with van der Waals surface area (Å²) in [7, 11) is 0. The number of benzene rings is 1. The van der Waals surface area contributed by atoms with E-state index in [2.05, 4.69) is 5.32 Å². The molecule has 2 fully saturated rings. The van der Waals surface area contributed by atoms with Crippen molar-refractivity contribution in [2.75, 3.05) is 26.2 Å². The number of rotatable bonds is 3. The van der Waals surface area contributed by atoms with E-state index in [4.69, 9.17) is 23.2 Å². The van der Waals surface area contributed by atoms with E-state index in [9.17, 15) is 4.79 Å². The Morgan fingerprint density at radius 3 is 2.70 bits per heavy atom. The summed E-state index contributed by atoms with van der Waals surface area (Å²) in [5.41, 5.74) is 0.434. The number of amides is 1. The second-order valence-electron chi connectivity index (χ2n) is 6.59. The molecule has 0 aliphatic carbocycles. The third kappa shape index (κ3) is 3.98. The summed E-state index contributed by atoms with van der Waals surface area (Å²) in [6, 6.07) is 5.37. The van der Waals surface area contributed by atoms with Crippen molar-refractivity contribution in [1.82, 2.24) is 10.2 Å². The van der Waals surface area contributed by atoms with Gasteiger partial charge in [-0.3, -0.25) is 4.79 Å². The highest BCUT2D eigenvalue weighted by Crippen LogP contribution is 2.38. The lowest BCUT2D eigenvalue weighted by atomic mass is 9.78. The SMILES string of the molecule is CC(Sc1cc(Cl)ccc1Cl)C(=O)N1CCC2(CCNC2)CC1. The van der Waals surface area contributed by atoms with E-state index in [1.54, 1.807) is 12.1 Å². The van der Waals surface area contributed by atoms with Crippen molar-refractivity contribution in [3.63, 3.8) is 0 Å². The molecule has 0 bridgehead atoms. The highest BCUT2D eigenvalue weighted by molar-refractivity contribution is 8.00. The normalized spacial score (nSPS) is 21.6. The number of piperidine rings is 1. The first-order valence-electron chi connectivity index (χ1n) is 8.10. The molecule has 0 radical (unpaired) electrons. The van der Waals surface area contributed by atoms with Crippen molar-refractivity contribution in [2.24, 2.45) is 5.41 Å². The van der Waals surface area contributed by atoms with Crippen molar-refractivity contribution < 1.29 is 4.79 Å². The van der Waals surface area contributed by atoms with Crippen LogP contribution in [-0.4, -0.2) is 42.2 Å². The molecule has 2 saturated heterocycles. The second kappa shape index (κ2) is 7.22. The molecule has 1 amide bonds. The lowest BCUT2D eigenvalue weighted by Gasteiger charge is -2.39. The summed E-state index contributed by atoms with van der Waals surface area (Å²) in [6.07, 6.45) is 3.47. The molecule has 2 heterocycles. The second-order valence-corrected chi connectivity index (χ2v) is 8.81. The van der Waals surface area contributed by atoms with Gasteiger partial charge >= 0.3 is 0 Å². The number of likely N-dealkylation sites (tertiary alicyclic amines) is 1. The van der Waals surface area contributed by atoms with Gasteiger partial charge in [-0.2, -0.15) is 0 Å². The lowest BCUT2D eigenvalue weighted by molar-refractivity contribution is -0.132. The zero-order valence-electron chi connectivity index (χ0n) is 13.3. The Bertz CT molecular complexity index is 580. The molecule has 1 aromatic carbocycles. The van der Waals surface area contributed by atoms with Gasteiger partial charge < -0.3 is 10.2 Å². The minimum atomic E-state index is -0.151. The topological polar surface area (TPSA) is 32.3 Å². The van der Waals surface area contributed by atoms with Crippen molar-refractivity contribution in [3.05, 3.63) is 28.2 Å². The van der Waals surface area contributed by atoms with Gasteiger partial charge in [0.25, 0.3) is 0 Å². The Balaban J connectivity index is 1.58. The Labute approximate surface area is 152 Å². The largest absolute Gasteiger partial charge is 0.342 e. The van der Waals surface area contributed by atoms with Crippen molar-refractivity contribution in [1.29, 1.82) is 0 Å². The highest BCUT2D eigenvalue weighted by atomic mass is 35.5. The Morgan fingerprint density at radius 2 is 2.04 bits per heavy atom. The molecule has 6 heteroatoms. The van der Waals surface area contributed by atoms with Crippen LogP contribution in [0.3, 0.4) is 0 Å². The summed E-state index contributed by atoms with van der Waals surface area (Å²) >= 11 is 13.7. The van der Waals surface area contributed by atoms with Crippen molar-refractivity contribution >= 4 is 40.9 Å². The maximum atomic E-state index is 12.7. The molecule has 23 heavy (non-hydrogen) atoms. The van der Waals surface area contributed by atoms with Crippen LogP contribution in [0.5, 0.6) is 0 Å². The van der Waals surface area contributed by atoms with E-state index in [1.807, 2.05) is 17.9 Å². The number of carbonyl (C=O) groups excluding carboxylic acids is 1. The van der Waals surface area contributed by atoms with E-state index in [0.29, 0.717) is 15.5 Å². The molecule has 2 aliphatic heterocycles. The minimum Gasteiger partial charge on any atom is -0.342 e. The van der Waals surface area contributed by atoms with Gasteiger partial charge in [0.15, 0.2) is 0 Å². The fourth-order valence-corrected chi connectivity index (χ4v) is 4.98. The number of carbonyl (C=O) groups is 1. The summed E-state index contributed by atoms with van der Waals surface area (Å²) in [5, 5.41) is 4.60. The zero-order valence-corrected chi connectivity index (χ0v) is 15.6. The maximum Gasteiger partial charge on any atom is 0.235 e. The fourth-order valence-electron chi connectivity index (χ4n) is 3.49. The molecule has 2 aliphatic rings. The molecule has 1 N–H and O–H groups in total. The maximum absolute atomic E-state index is 12.7. The minimum absolute atomic E-state index is 0.151. The van der Waals surface area contributed by atoms with Gasteiger partial charge in [0.05, 0.1) is 10.3 Å². The van der Waals surface area contributed by atoms with Gasteiger partial charge in [-0.25, -0.2) is 0 Å². The molecule has 0 saturated carbocycles. The summed E-state index contributed by atoms with van der Waals surface area (Å²) < 4.78 is 0. The summed E-state index contributed by atoms with van der Waals surface area (Å²) in [4.78, 5) is 15.6. The number of hydrogen-bond donors (Lipinski definition) is 1. The van der Waals surface area contributed by atoms with Crippen molar-refractivity contribution in [2.45, 2.75) is 36.3 Å². The smallest absolute Gasteiger partial charge is 0.235 e. The quantitative estimate of drug-likeness (QED) is 0.811. The average Bonchev–Trinajstić information content (AvgIpc) is 2.99. The third-order valence-electron chi connectivity index (χ3n) is 5.01. The first-order chi connectivity index (χ1) is 11.0. The Morgan fingerprint density at radius 1 is 1.30 bits per heavy atom. The molecule has 1 unspecified atom stereocenters. The number of nitrogens with zero attached hydrogens (tertiary/aromatic N) is 1. The molecule has 0 aromatic heterocycles. The van der Waals surface area contributed by atoms with Gasteiger partial charge in [-0.05, 0) is 56.3 Å². The predicted octanol–water partition coefficient (Wildman–Crippen LogP) is 4.08. The Kier molecular flexibility index (Phi) is 5.46. The third-order valence-corrected chi connectivity index (χ3v) is 6.84. The van der Waals surface area contributed by atoms with Crippen LogP contribution in [0, 0.1) is 5.41 Å². The summed E-state index contributed by atoms with van der Waals surface area (Å²) in [5.74, 6) is 0.201. The van der Waals surface area contributed by atoms with Crippen molar-refractivity contribution in [3.8, 4) is 0 Å². The van der Waals surface area contributed by atoms with E-state index >= 15 is 0 Å². The van der Waals surface area contributed by atoms with Gasteiger partial charge in [0.1, 0.15) is 0 Å². The van der Waals surface area contributed by atoms with Gasteiger partial charge in [-0.1, -0.05) is 23.2 Å². The van der Waals surface area contributed by atoms with E-state index < -0.39 is 0 Å². The van der Waals surface area contributed by atoms with Gasteiger partial charge in [-0.15, -0.1) is 11.8 Å². The Hall–Kier alpha value is -0.420. The first kappa shape index (κ1) is 17.4. The number of thioether (sulfide) groups is 1. The van der Waals surface area contributed by atoms with Crippen LogP contribution >= 0.6 is 35.0 Å². The molecular weight excluding hydrogens is 351 g/mol. The van der Waals surface area contributed by atoms with Crippen LogP contribution in [0.2, 0.25) is 10.0 Å². The number of nitrogens with one attached hydrogen (secondary N) is 1. The standard InChI is InChI=1S/C17H22Cl2N2OS/c1-12(23-15-10-13(18)2-3-14(15)19)16(22)21-8-5-17(6-9-21)4-7-20-11-17/h2-3,10,12,20H,4-9,11H2,1H3. The molecule has 1 atom stereocenters. The molecule has 3 nitrogen and oxygen atoms in total. The van der Waals surface area contributed by atoms with Gasteiger partial charge in [0, 0.05) is 29.6 Å². The molecule has 3 rings (SSSR count). The van der Waals surface area contributed by atoms with E-state index in [-0.39, 0.29) is 11.2 Å². The van der Waals surface area contributed by atoms with Crippen LogP contribution in [0.1, 0.15) is 26.2 Å². The highest BCUT2D eigenvalue weighted by Gasteiger charge is 2.38. The average molecular weight is 373 g/mol. The molecule has 1 aromatic rings. The van der Waals surface area contributed by atoms with Crippen LogP contribution in [0.4, 0.5) is 0 Å². The molecule has 1 spiro atoms. The van der Waals surface area contributed by atoms with Crippen LogP contribution in [-0.2, 0) is 4.79 Å². The first-order valence-corrected chi connectivity index (χ1v) is 9.74. The van der Waals surface area contributed by atoms with E-state index in [0.717, 1.165) is 43.9 Å². The van der Waals surface area contributed by atoms with Crippen LogP contribution in [0.25, 0.3) is 0 Å². The lowest BCUT2D eigenvalue weighted by Crippen LogP contribution is -2.46. The fraction of sp³-hybridized carbons (Fsp3) is 0.588. The van der Waals surface area contributed by atoms with E-state index in [1.165, 1.54) is 18.2 Å². The van der Waals surface area contributed by atoms with Crippen LogP contribution in [0.15, 0.2) is 23.1 Å². The zero-order chi connectivity index (χ0) is 16.4. The summed E-state index contributed by atoms with van der Waals surface area (Å²) in [6.45, 7) is 5.92. The predicted molar refractivity (Wildman–Crippen MR) is 97.5 cm³/mol. The monoisotopic (exact) mass is 372 g/mol.